The van der Waals surface area contributed by atoms with Crippen LogP contribution in [-0.2, 0) is 22.4 Å². The molecule has 0 saturated heterocycles. The lowest BCUT2D eigenvalue weighted by atomic mass is 10.0. The molecule has 0 aliphatic carbocycles. The van der Waals surface area contributed by atoms with E-state index in [9.17, 15) is 9.59 Å². The molecule has 0 fully saturated rings. The molecule has 0 saturated carbocycles. The highest BCUT2D eigenvalue weighted by Gasteiger charge is 2.12. The van der Waals surface area contributed by atoms with Crippen LogP contribution in [0.4, 0.5) is 5.69 Å². The van der Waals surface area contributed by atoms with E-state index in [1.807, 2.05) is 36.4 Å². The van der Waals surface area contributed by atoms with Gasteiger partial charge in [0, 0.05) is 44.5 Å². The first-order valence-electron chi connectivity index (χ1n) is 11.2. The Morgan fingerprint density at radius 2 is 1.59 bits per heavy atom. The van der Waals surface area contributed by atoms with Crippen molar-refractivity contribution in [1.29, 1.82) is 0 Å². The van der Waals surface area contributed by atoms with E-state index < -0.39 is 0 Å². The molecule has 32 heavy (non-hydrogen) atoms. The Balaban J connectivity index is 1.07. The molecular formula is C25H28N4O2S. The summed E-state index contributed by atoms with van der Waals surface area (Å²) in [6, 6.07) is 16.2. The minimum atomic E-state index is -0.0193. The average Bonchev–Trinajstić information content (AvgIpc) is 3.22. The number of aryl methyl sites for hydroxylation is 1. The molecule has 0 atom stereocenters. The summed E-state index contributed by atoms with van der Waals surface area (Å²) in [5, 5.41) is 6.90. The number of fused-ring (bicyclic) bond motifs is 2. The van der Waals surface area contributed by atoms with Crippen LogP contribution in [0, 0.1) is 0 Å². The van der Waals surface area contributed by atoms with Gasteiger partial charge >= 0.3 is 0 Å². The molecule has 1 aromatic heterocycles. The van der Waals surface area contributed by atoms with Gasteiger partial charge in [-0.2, -0.15) is 0 Å². The molecule has 1 aliphatic heterocycles. The van der Waals surface area contributed by atoms with Crippen LogP contribution >= 0.6 is 11.3 Å². The molecule has 0 unspecified atom stereocenters. The summed E-state index contributed by atoms with van der Waals surface area (Å²) in [6.45, 7) is 1.16. The number of nitrogens with zero attached hydrogens (tertiary/aromatic N) is 2. The van der Waals surface area contributed by atoms with Crippen LogP contribution in [0.1, 0.15) is 42.7 Å². The molecule has 0 radical (unpaired) electrons. The van der Waals surface area contributed by atoms with E-state index in [4.69, 9.17) is 4.99 Å². The smallest absolute Gasteiger partial charge is 0.220 e. The van der Waals surface area contributed by atoms with Crippen molar-refractivity contribution in [2.24, 2.45) is 4.99 Å². The SMILES string of the molecule is O=C(CCCC(=O)NCCc1nc2ccccc2s1)NCCC1=Nc2ccccc2CC1. The fraction of sp³-hybridized carbons (Fsp3) is 0.360. The Morgan fingerprint density at radius 1 is 0.875 bits per heavy atom. The quantitative estimate of drug-likeness (QED) is 0.484. The number of carbonyl (C=O) groups is 2. The number of aliphatic imine (C=N–C) groups is 1. The lowest BCUT2D eigenvalue weighted by Gasteiger charge is -2.15. The molecule has 0 spiro atoms. The predicted molar refractivity (Wildman–Crippen MR) is 130 cm³/mol. The largest absolute Gasteiger partial charge is 0.356 e. The zero-order valence-corrected chi connectivity index (χ0v) is 18.9. The van der Waals surface area contributed by atoms with E-state index in [-0.39, 0.29) is 11.8 Å². The molecule has 166 valence electrons. The highest BCUT2D eigenvalue weighted by Crippen LogP contribution is 2.26. The van der Waals surface area contributed by atoms with Crippen molar-refractivity contribution in [3.63, 3.8) is 0 Å². The molecule has 3 aromatic rings. The van der Waals surface area contributed by atoms with Crippen LogP contribution in [-0.4, -0.2) is 35.6 Å². The van der Waals surface area contributed by atoms with Gasteiger partial charge in [0.1, 0.15) is 0 Å². The summed E-state index contributed by atoms with van der Waals surface area (Å²) < 4.78 is 1.17. The topological polar surface area (TPSA) is 83.5 Å². The standard InChI is InChI=1S/C25H28N4O2S/c30-23(26-16-14-19-13-12-18-6-1-2-7-20(18)28-19)10-5-11-24(31)27-17-15-25-29-21-8-3-4-9-22(21)32-25/h1-4,6-9H,5,10-17H2,(H,26,30)(H,27,31). The van der Waals surface area contributed by atoms with Gasteiger partial charge in [-0.25, -0.2) is 4.98 Å². The van der Waals surface area contributed by atoms with Crippen LogP contribution in [0.3, 0.4) is 0 Å². The van der Waals surface area contributed by atoms with Crippen LogP contribution in [0.2, 0.25) is 0 Å². The number of para-hydroxylation sites is 2. The Hall–Kier alpha value is -3.06. The van der Waals surface area contributed by atoms with Gasteiger partial charge in [-0.05, 0) is 43.0 Å². The maximum Gasteiger partial charge on any atom is 0.220 e. The molecule has 2 N–H and O–H groups in total. The third-order valence-corrected chi connectivity index (χ3v) is 6.59. The van der Waals surface area contributed by atoms with E-state index in [0.717, 1.165) is 47.6 Å². The first kappa shape index (κ1) is 22.1. The van der Waals surface area contributed by atoms with Crippen molar-refractivity contribution in [2.75, 3.05) is 13.1 Å². The van der Waals surface area contributed by atoms with E-state index in [2.05, 4.69) is 27.8 Å². The molecule has 7 heteroatoms. The predicted octanol–water partition coefficient (Wildman–Crippen LogP) is 4.35. The third-order valence-electron chi connectivity index (χ3n) is 5.50. The first-order valence-corrected chi connectivity index (χ1v) is 12.0. The highest BCUT2D eigenvalue weighted by molar-refractivity contribution is 7.18. The van der Waals surface area contributed by atoms with Crippen LogP contribution in [0.5, 0.6) is 0 Å². The zero-order chi connectivity index (χ0) is 22.2. The Morgan fingerprint density at radius 3 is 2.41 bits per heavy atom. The number of benzene rings is 2. The van der Waals surface area contributed by atoms with Gasteiger partial charge in [0.05, 0.1) is 20.9 Å². The Bertz CT molecular complexity index is 1090. The van der Waals surface area contributed by atoms with Gasteiger partial charge in [0.2, 0.25) is 11.8 Å². The second-order valence-electron chi connectivity index (χ2n) is 7.94. The summed E-state index contributed by atoms with van der Waals surface area (Å²) in [5.41, 5.74) is 4.48. The van der Waals surface area contributed by atoms with Gasteiger partial charge < -0.3 is 10.6 Å². The van der Waals surface area contributed by atoms with Crippen LogP contribution in [0.25, 0.3) is 10.2 Å². The number of rotatable bonds is 10. The number of thiazole rings is 1. The van der Waals surface area contributed by atoms with Gasteiger partial charge in [-0.15, -0.1) is 11.3 Å². The molecule has 4 rings (SSSR count). The number of hydrogen-bond acceptors (Lipinski definition) is 5. The van der Waals surface area contributed by atoms with Gasteiger partial charge in [0.25, 0.3) is 0 Å². The van der Waals surface area contributed by atoms with E-state index in [1.54, 1.807) is 11.3 Å². The maximum atomic E-state index is 12.1. The molecule has 0 bridgehead atoms. The van der Waals surface area contributed by atoms with Gasteiger partial charge in [-0.1, -0.05) is 30.3 Å². The van der Waals surface area contributed by atoms with Crippen LogP contribution < -0.4 is 10.6 Å². The van der Waals surface area contributed by atoms with E-state index in [1.165, 1.54) is 10.3 Å². The molecule has 6 nitrogen and oxygen atoms in total. The highest BCUT2D eigenvalue weighted by atomic mass is 32.1. The lowest BCUT2D eigenvalue weighted by Crippen LogP contribution is -2.28. The summed E-state index contributed by atoms with van der Waals surface area (Å²) in [4.78, 5) is 33.4. The lowest BCUT2D eigenvalue weighted by molar-refractivity contribution is -0.122. The van der Waals surface area contributed by atoms with Crippen molar-refractivity contribution < 1.29 is 9.59 Å². The van der Waals surface area contributed by atoms with Crippen LogP contribution in [0.15, 0.2) is 53.5 Å². The minimum Gasteiger partial charge on any atom is -0.356 e. The number of carbonyl (C=O) groups excluding carboxylic acids is 2. The maximum absolute atomic E-state index is 12.1. The number of aromatic nitrogens is 1. The van der Waals surface area contributed by atoms with Gasteiger partial charge in [0.15, 0.2) is 0 Å². The van der Waals surface area contributed by atoms with Crippen molar-refractivity contribution in [3.8, 4) is 0 Å². The number of nitrogens with one attached hydrogen (secondary N) is 2. The Labute approximate surface area is 192 Å². The fourth-order valence-electron chi connectivity index (χ4n) is 3.79. The van der Waals surface area contributed by atoms with Crippen molar-refractivity contribution in [3.05, 3.63) is 59.1 Å². The van der Waals surface area contributed by atoms with Crippen molar-refractivity contribution in [2.45, 2.75) is 44.9 Å². The minimum absolute atomic E-state index is 0.0101. The summed E-state index contributed by atoms with van der Waals surface area (Å²) in [6.07, 6.45) is 4.72. The number of hydrogen-bond donors (Lipinski definition) is 2. The second kappa shape index (κ2) is 11.0. The molecular weight excluding hydrogens is 420 g/mol. The van der Waals surface area contributed by atoms with Gasteiger partial charge in [-0.3, -0.25) is 14.6 Å². The van der Waals surface area contributed by atoms with Crippen molar-refractivity contribution in [1.82, 2.24) is 15.6 Å². The van der Waals surface area contributed by atoms with Crippen molar-refractivity contribution >= 4 is 44.8 Å². The average molecular weight is 449 g/mol. The van der Waals surface area contributed by atoms with E-state index >= 15 is 0 Å². The number of amides is 2. The molecule has 1 aliphatic rings. The molecule has 2 aromatic carbocycles. The summed E-state index contributed by atoms with van der Waals surface area (Å²) in [7, 11) is 0. The monoisotopic (exact) mass is 448 g/mol. The fourth-order valence-corrected chi connectivity index (χ4v) is 4.75. The zero-order valence-electron chi connectivity index (χ0n) is 18.1. The Kier molecular flexibility index (Phi) is 7.61. The first-order chi connectivity index (χ1) is 15.7. The third kappa shape index (κ3) is 6.23. The normalized spacial score (nSPS) is 12.8. The van der Waals surface area contributed by atoms with E-state index in [0.29, 0.717) is 32.4 Å². The molecule has 2 amide bonds. The summed E-state index contributed by atoms with van der Waals surface area (Å²) >= 11 is 1.66. The summed E-state index contributed by atoms with van der Waals surface area (Å²) in [5.74, 6) is -0.0294. The second-order valence-corrected chi connectivity index (χ2v) is 9.05. The molecule has 2 heterocycles.